The van der Waals surface area contributed by atoms with Gasteiger partial charge in [0.15, 0.2) is 0 Å². The molecule has 0 spiro atoms. The molecule has 1 heterocycles. The first-order chi connectivity index (χ1) is 7.72. The molecule has 0 aliphatic heterocycles. The number of nitrogens with two attached hydrogens (primary N) is 1. The Labute approximate surface area is 92.8 Å². The van der Waals surface area contributed by atoms with Crippen molar-refractivity contribution in [3.8, 4) is 6.07 Å². The highest BCUT2D eigenvalue weighted by Gasteiger charge is 2.10. The number of nitriles is 1. The summed E-state index contributed by atoms with van der Waals surface area (Å²) in [6.45, 7) is 0.435. The van der Waals surface area contributed by atoms with Crippen molar-refractivity contribution in [3.63, 3.8) is 0 Å². The zero-order chi connectivity index (χ0) is 12.0. The lowest BCUT2D eigenvalue weighted by molar-refractivity contribution is 0.280. The van der Waals surface area contributed by atoms with E-state index in [-0.39, 0.29) is 24.6 Å². The topological polar surface area (TPSA) is 119 Å². The Balaban J connectivity index is 2.93. The first-order valence-corrected chi connectivity index (χ1v) is 4.72. The lowest BCUT2D eigenvalue weighted by atomic mass is 10.3. The number of hydrogen-bond acceptors (Lipinski definition) is 7. The van der Waals surface area contributed by atoms with Crippen LogP contribution in [0.2, 0.25) is 0 Å². The summed E-state index contributed by atoms with van der Waals surface area (Å²) in [5, 5.41) is 26.3. The maximum absolute atomic E-state index is 8.83. The van der Waals surface area contributed by atoms with Gasteiger partial charge in [-0.05, 0) is 0 Å². The van der Waals surface area contributed by atoms with Crippen LogP contribution in [0.15, 0.2) is 6.20 Å². The molecule has 0 bridgehead atoms. The maximum atomic E-state index is 8.83. The van der Waals surface area contributed by atoms with Crippen LogP contribution in [-0.2, 0) is 0 Å². The number of nitrogen functional groups attached to an aromatic ring is 1. The quantitative estimate of drug-likeness (QED) is 0.568. The molecule has 0 saturated carbocycles. The van der Waals surface area contributed by atoms with E-state index < -0.39 is 0 Å². The van der Waals surface area contributed by atoms with Crippen LogP contribution in [0.1, 0.15) is 5.56 Å². The molecule has 0 unspecified atom stereocenters. The third-order valence-electron chi connectivity index (χ3n) is 1.95. The molecule has 7 nitrogen and oxygen atoms in total. The molecule has 0 aromatic carbocycles. The van der Waals surface area contributed by atoms with Gasteiger partial charge in [-0.1, -0.05) is 0 Å². The van der Waals surface area contributed by atoms with E-state index in [1.54, 1.807) is 4.90 Å². The Kier molecular flexibility index (Phi) is 4.44. The first kappa shape index (κ1) is 12.2. The fourth-order valence-corrected chi connectivity index (χ4v) is 1.18. The van der Waals surface area contributed by atoms with Crippen molar-refractivity contribution in [1.29, 1.82) is 5.26 Å². The van der Waals surface area contributed by atoms with Crippen molar-refractivity contribution in [3.05, 3.63) is 11.8 Å². The predicted molar refractivity (Wildman–Crippen MR) is 57.5 cm³/mol. The van der Waals surface area contributed by atoms with Gasteiger partial charge in [0.25, 0.3) is 0 Å². The number of aliphatic hydroxyl groups excluding tert-OH is 2. The molecular formula is C9H13N5O2. The summed E-state index contributed by atoms with van der Waals surface area (Å²) in [6.07, 6.45) is 1.32. The smallest absolute Gasteiger partial charge is 0.227 e. The minimum atomic E-state index is -0.0801. The van der Waals surface area contributed by atoms with Gasteiger partial charge in [-0.15, -0.1) is 0 Å². The van der Waals surface area contributed by atoms with Crippen molar-refractivity contribution in [2.45, 2.75) is 0 Å². The van der Waals surface area contributed by atoms with Crippen molar-refractivity contribution in [1.82, 2.24) is 9.97 Å². The molecule has 1 rings (SSSR count). The minimum absolute atomic E-state index is 0.0801. The average molecular weight is 223 g/mol. The van der Waals surface area contributed by atoms with Crippen LogP contribution in [0.5, 0.6) is 0 Å². The maximum Gasteiger partial charge on any atom is 0.227 e. The summed E-state index contributed by atoms with van der Waals surface area (Å²) in [4.78, 5) is 9.45. The van der Waals surface area contributed by atoms with E-state index in [4.69, 9.17) is 21.2 Å². The van der Waals surface area contributed by atoms with E-state index in [1.807, 2.05) is 6.07 Å². The van der Waals surface area contributed by atoms with Crippen molar-refractivity contribution < 1.29 is 10.2 Å². The summed E-state index contributed by atoms with van der Waals surface area (Å²) in [6, 6.07) is 1.86. The van der Waals surface area contributed by atoms with Crippen LogP contribution in [0, 0.1) is 11.3 Å². The molecule has 0 atom stereocenters. The van der Waals surface area contributed by atoms with Gasteiger partial charge >= 0.3 is 0 Å². The SMILES string of the molecule is N#Cc1cnc(N(CCO)CCO)nc1N. The zero-order valence-electron chi connectivity index (χ0n) is 8.67. The Morgan fingerprint density at radius 1 is 1.38 bits per heavy atom. The van der Waals surface area contributed by atoms with Gasteiger partial charge in [0, 0.05) is 13.1 Å². The van der Waals surface area contributed by atoms with Crippen molar-refractivity contribution in [2.24, 2.45) is 0 Å². The zero-order valence-corrected chi connectivity index (χ0v) is 8.67. The Hall–Kier alpha value is -1.91. The Bertz CT molecular complexity index is 384. The fourth-order valence-electron chi connectivity index (χ4n) is 1.18. The summed E-state index contributed by atoms with van der Waals surface area (Å²) in [5.41, 5.74) is 5.74. The van der Waals surface area contributed by atoms with E-state index >= 15 is 0 Å². The third kappa shape index (κ3) is 2.79. The van der Waals surface area contributed by atoms with Gasteiger partial charge in [0.05, 0.1) is 19.4 Å². The molecule has 0 radical (unpaired) electrons. The lowest BCUT2D eigenvalue weighted by Gasteiger charge is -2.20. The average Bonchev–Trinajstić information content (AvgIpc) is 2.28. The van der Waals surface area contributed by atoms with Crippen LogP contribution in [0.25, 0.3) is 0 Å². The molecule has 0 saturated heterocycles. The van der Waals surface area contributed by atoms with E-state index in [9.17, 15) is 0 Å². The predicted octanol–water partition coefficient (Wildman–Crippen LogP) is -1.28. The van der Waals surface area contributed by atoms with Gasteiger partial charge in [0.2, 0.25) is 5.95 Å². The van der Waals surface area contributed by atoms with Crippen LogP contribution in [0.3, 0.4) is 0 Å². The highest BCUT2D eigenvalue weighted by molar-refractivity contribution is 5.50. The summed E-state index contributed by atoms with van der Waals surface area (Å²) >= 11 is 0. The molecule has 4 N–H and O–H groups in total. The van der Waals surface area contributed by atoms with Gasteiger partial charge in [-0.25, -0.2) is 4.98 Å². The molecular weight excluding hydrogens is 210 g/mol. The Morgan fingerprint density at radius 2 is 2.00 bits per heavy atom. The van der Waals surface area contributed by atoms with Gasteiger partial charge < -0.3 is 20.8 Å². The number of nitrogens with zero attached hydrogens (tertiary/aromatic N) is 4. The minimum Gasteiger partial charge on any atom is -0.395 e. The number of anilines is 2. The molecule has 0 amide bonds. The van der Waals surface area contributed by atoms with Crippen LogP contribution in [0.4, 0.5) is 11.8 Å². The second-order valence-corrected chi connectivity index (χ2v) is 3.01. The summed E-state index contributed by atoms with van der Waals surface area (Å²) in [7, 11) is 0. The highest BCUT2D eigenvalue weighted by Crippen LogP contribution is 2.12. The summed E-state index contributed by atoms with van der Waals surface area (Å²) in [5.74, 6) is 0.382. The monoisotopic (exact) mass is 223 g/mol. The normalized spacial score (nSPS) is 9.81. The van der Waals surface area contributed by atoms with E-state index in [1.165, 1.54) is 6.20 Å². The van der Waals surface area contributed by atoms with Crippen molar-refractivity contribution >= 4 is 11.8 Å². The molecule has 16 heavy (non-hydrogen) atoms. The van der Waals surface area contributed by atoms with Gasteiger partial charge in [-0.3, -0.25) is 0 Å². The van der Waals surface area contributed by atoms with E-state index in [2.05, 4.69) is 9.97 Å². The van der Waals surface area contributed by atoms with Crippen LogP contribution >= 0.6 is 0 Å². The molecule has 0 aliphatic rings. The van der Waals surface area contributed by atoms with Crippen LogP contribution in [-0.4, -0.2) is 46.5 Å². The van der Waals surface area contributed by atoms with E-state index in [0.717, 1.165) is 0 Å². The molecule has 1 aromatic heterocycles. The molecule has 0 aliphatic carbocycles. The van der Waals surface area contributed by atoms with E-state index in [0.29, 0.717) is 19.0 Å². The Morgan fingerprint density at radius 3 is 2.44 bits per heavy atom. The largest absolute Gasteiger partial charge is 0.395 e. The van der Waals surface area contributed by atoms with Crippen molar-refractivity contribution in [2.75, 3.05) is 36.9 Å². The van der Waals surface area contributed by atoms with Gasteiger partial charge in [-0.2, -0.15) is 10.2 Å². The second-order valence-electron chi connectivity index (χ2n) is 3.01. The van der Waals surface area contributed by atoms with Gasteiger partial charge in [0.1, 0.15) is 17.5 Å². The fraction of sp³-hybridized carbons (Fsp3) is 0.444. The highest BCUT2D eigenvalue weighted by atomic mass is 16.3. The number of hydrogen-bond donors (Lipinski definition) is 3. The lowest BCUT2D eigenvalue weighted by Crippen LogP contribution is -2.31. The second kappa shape index (κ2) is 5.85. The first-order valence-electron chi connectivity index (χ1n) is 4.72. The number of rotatable bonds is 5. The summed E-state index contributed by atoms with van der Waals surface area (Å²) < 4.78 is 0. The molecule has 1 aromatic rings. The molecule has 7 heteroatoms. The molecule has 0 fully saturated rings. The molecule has 86 valence electrons. The van der Waals surface area contributed by atoms with Crippen LogP contribution < -0.4 is 10.6 Å². The standard InChI is InChI=1S/C9H13N5O2/c10-5-7-6-12-9(13-8(7)11)14(1-3-15)2-4-16/h6,15-16H,1-4H2,(H2,11,12,13). The third-order valence-corrected chi connectivity index (χ3v) is 1.95. The number of aromatic nitrogens is 2. The number of aliphatic hydroxyl groups is 2.